The number of carbonyl (C=O) groups is 2. The third-order valence-electron chi connectivity index (χ3n) is 5.82. The van der Waals surface area contributed by atoms with Crippen molar-refractivity contribution in [2.75, 3.05) is 6.54 Å². The monoisotopic (exact) mass is 342 g/mol. The van der Waals surface area contributed by atoms with Crippen molar-refractivity contribution in [2.45, 2.75) is 70.3 Å². The molecule has 2 aliphatic rings. The van der Waals surface area contributed by atoms with Gasteiger partial charge in [0.2, 0.25) is 5.91 Å². The number of nitrogens with one attached hydrogen (secondary N) is 1. The second-order valence-electron chi connectivity index (χ2n) is 7.57. The van der Waals surface area contributed by atoms with E-state index in [-0.39, 0.29) is 30.6 Å². The van der Waals surface area contributed by atoms with Gasteiger partial charge in [0, 0.05) is 31.0 Å². The number of Topliss-reactive ketones (excluding diaryl/α,β-unsaturated/α-hetero) is 1. The molecular weight excluding hydrogens is 312 g/mol. The molecule has 3 rings (SSSR count). The maximum Gasteiger partial charge on any atom is 0.220 e. The number of nitrogens with two attached hydrogens (primary N) is 1. The molecule has 1 unspecified atom stereocenters. The summed E-state index contributed by atoms with van der Waals surface area (Å²) in [6.45, 7) is 0.481. The zero-order valence-electron chi connectivity index (χ0n) is 15.1. The van der Waals surface area contributed by atoms with Crippen LogP contribution in [-0.4, -0.2) is 24.3 Å². The highest BCUT2D eigenvalue weighted by Gasteiger charge is 2.24. The van der Waals surface area contributed by atoms with Crippen LogP contribution in [0.5, 0.6) is 0 Å². The van der Waals surface area contributed by atoms with Crippen LogP contribution in [0.15, 0.2) is 18.2 Å². The SMILES string of the molecule is NCC(NC(=O)CCC(=O)c1ccc2c(c1)CCC2)C1CCCCC1. The summed E-state index contributed by atoms with van der Waals surface area (Å²) in [7, 11) is 0. The van der Waals surface area contributed by atoms with Gasteiger partial charge in [-0.3, -0.25) is 9.59 Å². The summed E-state index contributed by atoms with van der Waals surface area (Å²) in [5.74, 6) is 0.512. The predicted octanol–water partition coefficient (Wildman–Crippen LogP) is 3.16. The number of hydrogen-bond donors (Lipinski definition) is 2. The number of benzene rings is 1. The molecule has 0 spiro atoms. The van der Waals surface area contributed by atoms with Crippen molar-refractivity contribution in [1.29, 1.82) is 0 Å². The molecule has 1 atom stereocenters. The largest absolute Gasteiger partial charge is 0.352 e. The molecule has 2 aliphatic carbocycles. The molecule has 0 bridgehead atoms. The van der Waals surface area contributed by atoms with Gasteiger partial charge in [-0.1, -0.05) is 31.4 Å². The van der Waals surface area contributed by atoms with Gasteiger partial charge in [-0.15, -0.1) is 0 Å². The smallest absolute Gasteiger partial charge is 0.220 e. The van der Waals surface area contributed by atoms with Crippen LogP contribution in [0.4, 0.5) is 0 Å². The Labute approximate surface area is 150 Å². The average Bonchev–Trinajstić information content (AvgIpc) is 3.12. The maximum atomic E-state index is 12.4. The van der Waals surface area contributed by atoms with E-state index in [0.29, 0.717) is 12.5 Å². The highest BCUT2D eigenvalue weighted by atomic mass is 16.2. The molecule has 1 saturated carbocycles. The Hall–Kier alpha value is -1.68. The highest BCUT2D eigenvalue weighted by molar-refractivity contribution is 5.98. The summed E-state index contributed by atoms with van der Waals surface area (Å²) >= 11 is 0. The maximum absolute atomic E-state index is 12.4. The second kappa shape index (κ2) is 8.61. The summed E-state index contributed by atoms with van der Waals surface area (Å²) < 4.78 is 0. The number of hydrogen-bond acceptors (Lipinski definition) is 3. The number of aryl methyl sites for hydroxylation is 2. The predicted molar refractivity (Wildman–Crippen MR) is 99.6 cm³/mol. The lowest BCUT2D eigenvalue weighted by molar-refractivity contribution is -0.122. The Bertz CT molecular complexity index is 620. The van der Waals surface area contributed by atoms with Gasteiger partial charge >= 0.3 is 0 Å². The van der Waals surface area contributed by atoms with Crippen LogP contribution >= 0.6 is 0 Å². The minimum Gasteiger partial charge on any atom is -0.352 e. The Morgan fingerprint density at radius 1 is 1.04 bits per heavy atom. The number of rotatable bonds is 7. The van der Waals surface area contributed by atoms with Gasteiger partial charge in [0.15, 0.2) is 5.78 Å². The molecule has 1 amide bonds. The summed E-state index contributed by atoms with van der Waals surface area (Å²) in [5, 5.41) is 3.07. The molecule has 136 valence electrons. The summed E-state index contributed by atoms with van der Waals surface area (Å²) in [6, 6.07) is 6.06. The summed E-state index contributed by atoms with van der Waals surface area (Å²) in [5.41, 5.74) is 9.29. The first kappa shape index (κ1) is 18.1. The number of ketones is 1. The van der Waals surface area contributed by atoms with E-state index in [4.69, 9.17) is 5.73 Å². The molecule has 3 N–H and O–H groups in total. The van der Waals surface area contributed by atoms with E-state index in [9.17, 15) is 9.59 Å². The van der Waals surface area contributed by atoms with E-state index < -0.39 is 0 Å². The lowest BCUT2D eigenvalue weighted by Crippen LogP contribution is -2.45. The van der Waals surface area contributed by atoms with Crippen LogP contribution in [0.1, 0.15) is 72.9 Å². The molecular formula is C21H30N2O2. The van der Waals surface area contributed by atoms with Crippen LogP contribution in [0.2, 0.25) is 0 Å². The first-order valence-corrected chi connectivity index (χ1v) is 9.82. The van der Waals surface area contributed by atoms with Crippen LogP contribution in [0, 0.1) is 5.92 Å². The fourth-order valence-electron chi connectivity index (χ4n) is 4.30. The van der Waals surface area contributed by atoms with E-state index >= 15 is 0 Å². The van der Waals surface area contributed by atoms with Gasteiger partial charge in [0.25, 0.3) is 0 Å². The highest BCUT2D eigenvalue weighted by Crippen LogP contribution is 2.26. The molecule has 0 radical (unpaired) electrons. The third-order valence-corrected chi connectivity index (χ3v) is 5.82. The van der Waals surface area contributed by atoms with Gasteiger partial charge < -0.3 is 11.1 Å². The molecule has 25 heavy (non-hydrogen) atoms. The van der Waals surface area contributed by atoms with Crippen LogP contribution in [0.3, 0.4) is 0 Å². The second-order valence-corrected chi connectivity index (χ2v) is 7.57. The number of carbonyl (C=O) groups excluding carboxylic acids is 2. The fourth-order valence-corrected chi connectivity index (χ4v) is 4.30. The Morgan fingerprint density at radius 3 is 2.56 bits per heavy atom. The average molecular weight is 342 g/mol. The van der Waals surface area contributed by atoms with E-state index in [1.807, 2.05) is 12.1 Å². The minimum absolute atomic E-state index is 0.0458. The van der Waals surface area contributed by atoms with Crippen molar-refractivity contribution in [3.8, 4) is 0 Å². The van der Waals surface area contributed by atoms with E-state index in [0.717, 1.165) is 31.2 Å². The van der Waals surface area contributed by atoms with Crippen LogP contribution in [0.25, 0.3) is 0 Å². The lowest BCUT2D eigenvalue weighted by Gasteiger charge is -2.30. The van der Waals surface area contributed by atoms with Crippen LogP contribution < -0.4 is 11.1 Å². The van der Waals surface area contributed by atoms with Crippen molar-refractivity contribution >= 4 is 11.7 Å². The molecule has 1 fully saturated rings. The first-order valence-electron chi connectivity index (χ1n) is 9.82. The Balaban J connectivity index is 1.48. The minimum atomic E-state index is -0.0458. The van der Waals surface area contributed by atoms with E-state index in [1.54, 1.807) is 0 Å². The topological polar surface area (TPSA) is 72.2 Å². The summed E-state index contributed by atoms with van der Waals surface area (Å²) in [6.07, 6.45) is 9.93. The van der Waals surface area contributed by atoms with Crippen molar-refractivity contribution in [3.05, 3.63) is 34.9 Å². The van der Waals surface area contributed by atoms with Crippen molar-refractivity contribution in [2.24, 2.45) is 11.7 Å². The van der Waals surface area contributed by atoms with Gasteiger partial charge in [-0.2, -0.15) is 0 Å². The zero-order chi connectivity index (χ0) is 17.6. The van der Waals surface area contributed by atoms with Crippen molar-refractivity contribution < 1.29 is 9.59 Å². The molecule has 0 aliphatic heterocycles. The fraction of sp³-hybridized carbons (Fsp3) is 0.619. The van der Waals surface area contributed by atoms with Gasteiger partial charge in [0.1, 0.15) is 0 Å². The molecule has 0 aromatic heterocycles. The van der Waals surface area contributed by atoms with Crippen molar-refractivity contribution in [1.82, 2.24) is 5.32 Å². The Kier molecular flexibility index (Phi) is 6.24. The van der Waals surface area contributed by atoms with Crippen LogP contribution in [-0.2, 0) is 17.6 Å². The number of fused-ring (bicyclic) bond motifs is 1. The summed E-state index contributed by atoms with van der Waals surface area (Å²) in [4.78, 5) is 24.7. The van der Waals surface area contributed by atoms with E-state index in [1.165, 1.54) is 36.8 Å². The molecule has 4 heteroatoms. The zero-order valence-corrected chi connectivity index (χ0v) is 15.1. The van der Waals surface area contributed by atoms with Gasteiger partial charge in [0.05, 0.1) is 0 Å². The Morgan fingerprint density at radius 2 is 1.80 bits per heavy atom. The van der Waals surface area contributed by atoms with E-state index in [2.05, 4.69) is 11.4 Å². The molecule has 0 heterocycles. The van der Waals surface area contributed by atoms with Crippen molar-refractivity contribution in [3.63, 3.8) is 0 Å². The van der Waals surface area contributed by atoms with Gasteiger partial charge in [-0.05, 0) is 55.2 Å². The lowest BCUT2D eigenvalue weighted by atomic mass is 9.84. The first-order chi connectivity index (χ1) is 12.2. The number of amides is 1. The third kappa shape index (κ3) is 4.69. The normalized spacial score (nSPS) is 18.6. The quantitative estimate of drug-likeness (QED) is 0.748. The molecule has 4 nitrogen and oxygen atoms in total. The molecule has 0 saturated heterocycles. The van der Waals surface area contributed by atoms with Gasteiger partial charge in [-0.25, -0.2) is 0 Å². The molecule has 1 aromatic rings. The molecule has 1 aromatic carbocycles. The standard InChI is InChI=1S/C21H30N2O2/c22-14-19(16-5-2-1-3-6-16)23-21(25)12-11-20(24)18-10-9-15-7-4-8-17(15)13-18/h9-10,13,16,19H,1-8,11-12,14,22H2,(H,23,25).